The number of Topliss-reactive ketones (excluding diaryl/α,β-unsaturated/α-hetero) is 1. The standard InChI is InChI=1S/C17H21N3O3.BrH/c1-4-23-11-14-9-20(12(2)19-17(14)18)10-16(21)13-5-7-15(22-3)8-6-13;/h5-9,18H,4,10-11H2,1-3H3;1H/p-1. The number of methoxy groups -OCH3 is 1. The number of rotatable bonds is 7. The lowest BCUT2D eigenvalue weighted by molar-refractivity contribution is -0.0000141. The van der Waals surface area contributed by atoms with E-state index in [0.29, 0.717) is 35.9 Å². The third kappa shape index (κ3) is 5.01. The van der Waals surface area contributed by atoms with Gasteiger partial charge in [-0.1, -0.05) is 0 Å². The molecule has 0 fully saturated rings. The normalized spacial score (nSPS) is 10.1. The molecular weight excluding hydrogens is 374 g/mol. The number of aromatic nitrogens is 2. The number of carbonyl (C=O) groups is 1. The first-order valence-corrected chi connectivity index (χ1v) is 7.41. The quantitative estimate of drug-likeness (QED) is 0.617. The smallest absolute Gasteiger partial charge is 0.182 e. The van der Waals surface area contributed by atoms with Crippen LogP contribution in [-0.2, 0) is 17.9 Å². The lowest BCUT2D eigenvalue weighted by atomic mass is 10.1. The number of halogens is 1. The van der Waals surface area contributed by atoms with E-state index >= 15 is 0 Å². The predicted molar refractivity (Wildman–Crippen MR) is 85.5 cm³/mol. The topological polar surface area (TPSA) is 77.2 Å². The fraction of sp³-hybridized carbons (Fsp3) is 0.353. The summed E-state index contributed by atoms with van der Waals surface area (Å²) in [7, 11) is 1.59. The Kier molecular flexibility index (Phi) is 7.81. The van der Waals surface area contributed by atoms with Gasteiger partial charge >= 0.3 is 0 Å². The third-order valence-electron chi connectivity index (χ3n) is 3.49. The molecule has 1 aromatic heterocycles. The van der Waals surface area contributed by atoms with Crippen LogP contribution in [0.4, 0.5) is 0 Å². The number of hydrogen-bond donors (Lipinski definition) is 1. The van der Waals surface area contributed by atoms with Crippen molar-refractivity contribution in [2.45, 2.75) is 27.0 Å². The summed E-state index contributed by atoms with van der Waals surface area (Å²) >= 11 is 0. The van der Waals surface area contributed by atoms with Crippen molar-refractivity contribution in [1.82, 2.24) is 9.55 Å². The van der Waals surface area contributed by atoms with Crippen LogP contribution in [0.2, 0.25) is 0 Å². The van der Waals surface area contributed by atoms with Crippen molar-refractivity contribution in [3.8, 4) is 5.75 Å². The maximum absolute atomic E-state index is 12.4. The molecule has 24 heavy (non-hydrogen) atoms. The van der Waals surface area contributed by atoms with Crippen molar-refractivity contribution in [2.24, 2.45) is 0 Å². The van der Waals surface area contributed by atoms with Crippen LogP contribution in [0.3, 0.4) is 0 Å². The Balaban J connectivity index is 0.00000288. The largest absolute Gasteiger partial charge is 1.00 e. The van der Waals surface area contributed by atoms with Crippen molar-refractivity contribution >= 4 is 5.78 Å². The van der Waals surface area contributed by atoms with E-state index in [0.717, 1.165) is 0 Å². The first kappa shape index (κ1) is 20.1. The van der Waals surface area contributed by atoms with Gasteiger partial charge < -0.3 is 31.0 Å². The molecule has 0 unspecified atom stereocenters. The van der Waals surface area contributed by atoms with Crippen molar-refractivity contribution < 1.29 is 31.2 Å². The van der Waals surface area contributed by atoms with E-state index in [4.69, 9.17) is 14.9 Å². The number of benzene rings is 1. The number of carbonyl (C=O) groups excluding carboxylic acids is 1. The monoisotopic (exact) mass is 394 g/mol. The Bertz CT molecular complexity index is 742. The summed E-state index contributed by atoms with van der Waals surface area (Å²) in [4.78, 5) is 16.6. The van der Waals surface area contributed by atoms with Gasteiger partial charge in [0.05, 0.1) is 20.3 Å². The summed E-state index contributed by atoms with van der Waals surface area (Å²) in [6, 6.07) is 7.00. The molecule has 0 bridgehead atoms. The minimum absolute atomic E-state index is 0. The van der Waals surface area contributed by atoms with Gasteiger partial charge in [0, 0.05) is 23.9 Å². The van der Waals surface area contributed by atoms with Crippen LogP contribution in [0.1, 0.15) is 28.7 Å². The third-order valence-corrected chi connectivity index (χ3v) is 3.49. The van der Waals surface area contributed by atoms with Crippen molar-refractivity contribution in [2.75, 3.05) is 13.7 Å². The second kappa shape index (κ2) is 9.34. The Hall–Kier alpha value is -1.99. The van der Waals surface area contributed by atoms with E-state index in [1.165, 1.54) is 0 Å². The molecule has 130 valence electrons. The maximum Gasteiger partial charge on any atom is 0.182 e. The summed E-state index contributed by atoms with van der Waals surface area (Å²) < 4.78 is 12.2. The molecular formula is C17H21BrN3O3-. The highest BCUT2D eigenvalue weighted by Crippen LogP contribution is 2.12. The number of aryl methyl sites for hydroxylation is 1. The van der Waals surface area contributed by atoms with Crippen molar-refractivity contribution in [1.29, 1.82) is 5.41 Å². The summed E-state index contributed by atoms with van der Waals surface area (Å²) in [5.74, 6) is 1.31. The second-order valence-electron chi connectivity index (χ2n) is 5.08. The van der Waals surface area contributed by atoms with Gasteiger partial charge in [0.15, 0.2) is 11.3 Å². The number of ketones is 1. The van der Waals surface area contributed by atoms with Gasteiger partial charge in [0.25, 0.3) is 0 Å². The van der Waals surface area contributed by atoms with Crippen LogP contribution in [-0.4, -0.2) is 29.1 Å². The molecule has 2 rings (SSSR count). The highest BCUT2D eigenvalue weighted by Gasteiger charge is 2.10. The van der Waals surface area contributed by atoms with Gasteiger partial charge in [-0.3, -0.25) is 10.2 Å². The molecule has 0 amide bonds. The van der Waals surface area contributed by atoms with Gasteiger partial charge in [-0.15, -0.1) is 0 Å². The first-order chi connectivity index (χ1) is 11.0. The maximum atomic E-state index is 12.4. The minimum Gasteiger partial charge on any atom is -1.00 e. The molecule has 1 N–H and O–H groups in total. The van der Waals surface area contributed by atoms with Crippen LogP contribution < -0.4 is 27.2 Å². The molecule has 2 aromatic rings. The Morgan fingerprint density at radius 3 is 2.54 bits per heavy atom. The lowest BCUT2D eigenvalue weighted by Gasteiger charge is -2.12. The van der Waals surface area contributed by atoms with E-state index < -0.39 is 0 Å². The fourth-order valence-corrected chi connectivity index (χ4v) is 2.14. The zero-order chi connectivity index (χ0) is 16.8. The van der Waals surface area contributed by atoms with Crippen LogP contribution >= 0.6 is 0 Å². The van der Waals surface area contributed by atoms with Crippen LogP contribution in [0.5, 0.6) is 5.75 Å². The lowest BCUT2D eigenvalue weighted by Crippen LogP contribution is -3.00. The van der Waals surface area contributed by atoms with Gasteiger partial charge in [-0.25, -0.2) is 4.98 Å². The van der Waals surface area contributed by atoms with Crippen molar-refractivity contribution in [3.05, 3.63) is 52.9 Å². The Morgan fingerprint density at radius 2 is 1.96 bits per heavy atom. The number of hydrogen-bond acceptors (Lipinski definition) is 5. The summed E-state index contributed by atoms with van der Waals surface area (Å²) in [6.07, 6.45) is 1.77. The molecule has 0 saturated carbocycles. The van der Waals surface area contributed by atoms with Gasteiger partial charge in [0.1, 0.15) is 11.6 Å². The second-order valence-corrected chi connectivity index (χ2v) is 5.08. The molecule has 0 aliphatic rings. The zero-order valence-electron chi connectivity index (χ0n) is 14.0. The van der Waals surface area contributed by atoms with Crippen LogP contribution in [0, 0.1) is 12.3 Å². The van der Waals surface area contributed by atoms with Gasteiger partial charge in [0.2, 0.25) is 0 Å². The van der Waals surface area contributed by atoms with Gasteiger partial charge in [-0.2, -0.15) is 0 Å². The number of ether oxygens (including phenoxy) is 2. The molecule has 0 radical (unpaired) electrons. The average Bonchev–Trinajstić information content (AvgIpc) is 2.56. The Morgan fingerprint density at radius 1 is 1.29 bits per heavy atom. The minimum atomic E-state index is -0.0253. The SMILES string of the molecule is CCOCc1cn(CC(=O)c2ccc(OC)cc2)c(C)nc1=N.[Br-]. The summed E-state index contributed by atoms with van der Waals surface area (Å²) in [6.45, 7) is 4.73. The van der Waals surface area contributed by atoms with Crippen LogP contribution in [0.15, 0.2) is 30.5 Å². The summed E-state index contributed by atoms with van der Waals surface area (Å²) in [5.41, 5.74) is 1.46. The molecule has 1 aromatic carbocycles. The van der Waals surface area contributed by atoms with E-state index in [1.54, 1.807) is 49.1 Å². The van der Waals surface area contributed by atoms with E-state index in [1.807, 2.05) is 6.92 Å². The number of nitrogens with zero attached hydrogens (tertiary/aromatic N) is 2. The molecule has 6 nitrogen and oxygen atoms in total. The van der Waals surface area contributed by atoms with E-state index in [-0.39, 0.29) is 34.8 Å². The molecule has 0 atom stereocenters. The zero-order valence-corrected chi connectivity index (χ0v) is 15.6. The highest BCUT2D eigenvalue weighted by atomic mass is 79.9. The van der Waals surface area contributed by atoms with E-state index in [9.17, 15) is 4.79 Å². The first-order valence-electron chi connectivity index (χ1n) is 7.41. The van der Waals surface area contributed by atoms with E-state index in [2.05, 4.69) is 4.98 Å². The summed E-state index contributed by atoms with van der Waals surface area (Å²) in [5, 5.41) is 7.87. The molecule has 0 spiro atoms. The number of nitrogens with one attached hydrogen (secondary N) is 1. The molecule has 0 aliphatic heterocycles. The highest BCUT2D eigenvalue weighted by molar-refractivity contribution is 5.96. The Labute approximate surface area is 151 Å². The predicted octanol–water partition coefficient (Wildman–Crippen LogP) is -0.897. The molecule has 1 heterocycles. The molecule has 0 saturated heterocycles. The van der Waals surface area contributed by atoms with Gasteiger partial charge in [-0.05, 0) is 38.1 Å². The van der Waals surface area contributed by atoms with Crippen LogP contribution in [0.25, 0.3) is 0 Å². The fourth-order valence-electron chi connectivity index (χ4n) is 2.14. The molecule has 7 heteroatoms. The van der Waals surface area contributed by atoms with Crippen molar-refractivity contribution in [3.63, 3.8) is 0 Å². The molecule has 0 aliphatic carbocycles. The average molecular weight is 395 g/mol.